The highest BCUT2D eigenvalue weighted by Gasteiger charge is 2.54. The van der Waals surface area contributed by atoms with Crippen LogP contribution in [0.3, 0.4) is 0 Å². The van der Waals surface area contributed by atoms with Gasteiger partial charge in [-0.05, 0) is 37.2 Å². The van der Waals surface area contributed by atoms with Crippen molar-refractivity contribution in [2.75, 3.05) is 13.7 Å². The van der Waals surface area contributed by atoms with Crippen molar-refractivity contribution >= 4 is 23.7 Å². The zero-order valence-electron chi connectivity index (χ0n) is 25.0. The molecule has 2 aromatic carbocycles. The molecule has 1 heterocycles. The molecule has 3 atom stereocenters. The topological polar surface area (TPSA) is 125 Å². The first kappa shape index (κ1) is 31.2. The number of benzene rings is 2. The summed E-state index contributed by atoms with van der Waals surface area (Å²) >= 11 is 0. The lowest BCUT2D eigenvalue weighted by atomic mass is 9.81. The molecule has 3 unspecified atom stereocenters. The van der Waals surface area contributed by atoms with Crippen LogP contribution in [0, 0.1) is 11.3 Å². The molecule has 1 saturated heterocycles. The van der Waals surface area contributed by atoms with Crippen LogP contribution in [0.1, 0.15) is 76.0 Å². The number of rotatable bonds is 12. The lowest BCUT2D eigenvalue weighted by Gasteiger charge is -2.40. The number of aliphatic carboxylic acids is 1. The maximum absolute atomic E-state index is 13.4. The summed E-state index contributed by atoms with van der Waals surface area (Å²) in [4.78, 5) is 53.7. The molecule has 0 radical (unpaired) electrons. The number of nitrogens with one attached hydrogen (secondary N) is 2. The molecule has 0 aromatic heterocycles. The Hall–Kier alpha value is -3.72. The number of carbonyl (C=O) groups excluding carboxylic acids is 3. The minimum Gasteiger partial charge on any atom is -0.480 e. The van der Waals surface area contributed by atoms with E-state index in [0.29, 0.717) is 30.6 Å². The minimum atomic E-state index is -1.21. The van der Waals surface area contributed by atoms with E-state index in [1.807, 2.05) is 56.3 Å². The van der Waals surface area contributed by atoms with Crippen molar-refractivity contribution in [1.29, 1.82) is 0 Å². The third-order valence-corrected chi connectivity index (χ3v) is 8.75. The predicted molar refractivity (Wildman–Crippen MR) is 158 cm³/mol. The van der Waals surface area contributed by atoms with Gasteiger partial charge in [0.15, 0.2) is 5.66 Å². The molecule has 0 bridgehead atoms. The Kier molecular flexibility index (Phi) is 9.71. The van der Waals surface area contributed by atoms with E-state index in [0.717, 1.165) is 31.2 Å². The molecule has 1 aliphatic heterocycles. The maximum atomic E-state index is 13.4. The third-order valence-electron chi connectivity index (χ3n) is 8.75. The van der Waals surface area contributed by atoms with E-state index in [4.69, 9.17) is 4.74 Å². The van der Waals surface area contributed by atoms with Gasteiger partial charge in [-0.1, -0.05) is 81.3 Å². The number of hydrogen-bond donors (Lipinski definition) is 3. The summed E-state index contributed by atoms with van der Waals surface area (Å²) < 4.78 is 5.23. The second kappa shape index (κ2) is 13.1. The summed E-state index contributed by atoms with van der Waals surface area (Å²) in [6.45, 7) is 5.96. The van der Waals surface area contributed by atoms with Crippen molar-refractivity contribution in [3.05, 3.63) is 71.3 Å². The van der Waals surface area contributed by atoms with E-state index in [9.17, 15) is 24.3 Å². The van der Waals surface area contributed by atoms with Crippen LogP contribution in [0.15, 0.2) is 54.6 Å². The summed E-state index contributed by atoms with van der Waals surface area (Å²) in [5, 5.41) is 16.0. The maximum Gasteiger partial charge on any atom is 0.326 e. The van der Waals surface area contributed by atoms with Crippen molar-refractivity contribution in [2.24, 2.45) is 11.3 Å². The van der Waals surface area contributed by atoms with Crippen molar-refractivity contribution in [3.63, 3.8) is 0 Å². The molecule has 3 amide bonds. The van der Waals surface area contributed by atoms with Gasteiger partial charge < -0.3 is 20.5 Å². The van der Waals surface area contributed by atoms with Gasteiger partial charge in [0.25, 0.3) is 0 Å². The summed E-state index contributed by atoms with van der Waals surface area (Å²) in [6.07, 6.45) is 4.50. The number of amides is 3. The fraction of sp³-hybridized carbons (Fsp3) is 0.515. The monoisotopic (exact) mass is 577 g/mol. The van der Waals surface area contributed by atoms with Gasteiger partial charge in [0.2, 0.25) is 17.7 Å². The molecule has 0 spiro atoms. The Morgan fingerprint density at radius 1 is 1.05 bits per heavy atom. The van der Waals surface area contributed by atoms with Crippen LogP contribution < -0.4 is 10.6 Å². The van der Waals surface area contributed by atoms with Gasteiger partial charge >= 0.3 is 5.97 Å². The van der Waals surface area contributed by atoms with Crippen LogP contribution in [0.25, 0.3) is 0 Å². The first-order valence-electron chi connectivity index (χ1n) is 14.8. The summed E-state index contributed by atoms with van der Waals surface area (Å²) in [5.74, 6) is -1.58. The molecular weight excluding hydrogens is 534 g/mol. The van der Waals surface area contributed by atoms with E-state index in [1.54, 1.807) is 24.1 Å². The van der Waals surface area contributed by atoms with Crippen LogP contribution in [0.5, 0.6) is 0 Å². The molecule has 3 N–H and O–H groups in total. The molecular formula is C33H43N3O6. The quantitative estimate of drug-likeness (QED) is 0.350. The van der Waals surface area contributed by atoms with Gasteiger partial charge in [-0.3, -0.25) is 19.3 Å². The van der Waals surface area contributed by atoms with Gasteiger partial charge in [0.1, 0.15) is 12.1 Å². The number of ether oxygens (including phenoxy) is 1. The van der Waals surface area contributed by atoms with Gasteiger partial charge in [0.05, 0.1) is 5.41 Å². The molecule has 2 fully saturated rings. The predicted octanol–water partition coefficient (Wildman–Crippen LogP) is 3.99. The molecule has 9 nitrogen and oxygen atoms in total. The van der Waals surface area contributed by atoms with E-state index < -0.39 is 29.1 Å². The Morgan fingerprint density at radius 3 is 2.21 bits per heavy atom. The van der Waals surface area contributed by atoms with Crippen LogP contribution in [-0.4, -0.2) is 59.5 Å². The summed E-state index contributed by atoms with van der Waals surface area (Å²) in [6, 6.07) is 14.9. The number of nitrogens with zero attached hydrogens (tertiary/aromatic N) is 1. The summed E-state index contributed by atoms with van der Waals surface area (Å²) in [7, 11) is 1.60. The zero-order valence-corrected chi connectivity index (χ0v) is 25.0. The van der Waals surface area contributed by atoms with Crippen LogP contribution in [0.2, 0.25) is 0 Å². The highest BCUT2D eigenvalue weighted by molar-refractivity contribution is 5.93. The molecule has 9 heteroatoms. The van der Waals surface area contributed by atoms with Gasteiger partial charge in [0, 0.05) is 38.2 Å². The fourth-order valence-electron chi connectivity index (χ4n) is 6.62. The van der Waals surface area contributed by atoms with Crippen molar-refractivity contribution in [1.82, 2.24) is 15.5 Å². The summed E-state index contributed by atoms with van der Waals surface area (Å²) in [5.41, 5.74) is 0.343. The molecule has 42 heavy (non-hydrogen) atoms. The minimum absolute atomic E-state index is 0.0960. The Labute approximate surface area is 248 Å². The van der Waals surface area contributed by atoms with Crippen molar-refractivity contribution < 1.29 is 29.0 Å². The van der Waals surface area contributed by atoms with Gasteiger partial charge in [-0.15, -0.1) is 0 Å². The zero-order chi connectivity index (χ0) is 30.5. The first-order chi connectivity index (χ1) is 20.0. The molecule has 1 aliphatic carbocycles. The number of methoxy groups -OCH3 is 1. The standard InChI is InChI=1S/C33H43N3O6/c1-22(2)20-28-29(38)35-33(36(28)23(3)37,25-10-6-5-7-11-25)26-14-12-24(13-15-26)21-27(30(39)40)34-31(41)32(18-19-42-4)16-8-9-17-32/h5-7,10-15,22,27-28H,8-9,16-21H2,1-4H3,(H,34,41)(H,35,38)(H,39,40). The second-order valence-corrected chi connectivity index (χ2v) is 12.1. The lowest BCUT2D eigenvalue weighted by Crippen LogP contribution is -2.53. The smallest absolute Gasteiger partial charge is 0.326 e. The molecule has 4 rings (SSSR count). The average molecular weight is 578 g/mol. The molecule has 2 aromatic rings. The SMILES string of the molecule is COCCC1(C(=O)NC(Cc2ccc(C3(c4ccccc4)NC(=O)C(CC(C)C)N3C(C)=O)cc2)C(=O)O)CCCC1. The van der Waals surface area contributed by atoms with Gasteiger partial charge in [-0.2, -0.15) is 0 Å². The molecule has 2 aliphatic rings. The largest absolute Gasteiger partial charge is 0.480 e. The number of hydrogen-bond acceptors (Lipinski definition) is 5. The highest BCUT2D eigenvalue weighted by Crippen LogP contribution is 2.42. The molecule has 1 saturated carbocycles. The van der Waals surface area contributed by atoms with E-state index in [1.165, 1.54) is 6.92 Å². The Morgan fingerprint density at radius 2 is 1.67 bits per heavy atom. The van der Waals surface area contributed by atoms with Crippen molar-refractivity contribution in [3.8, 4) is 0 Å². The molecule has 226 valence electrons. The number of carboxylic acids is 1. The first-order valence-corrected chi connectivity index (χ1v) is 14.8. The lowest BCUT2D eigenvalue weighted by molar-refractivity contribution is -0.144. The van der Waals surface area contributed by atoms with Crippen LogP contribution in [-0.2, 0) is 36.0 Å². The van der Waals surface area contributed by atoms with Crippen LogP contribution in [0.4, 0.5) is 0 Å². The van der Waals surface area contributed by atoms with E-state index in [2.05, 4.69) is 10.6 Å². The second-order valence-electron chi connectivity index (χ2n) is 12.1. The average Bonchev–Trinajstić information content (AvgIpc) is 3.56. The fourth-order valence-corrected chi connectivity index (χ4v) is 6.62. The number of carboxylic acid groups (broad SMARTS) is 1. The van der Waals surface area contributed by atoms with E-state index >= 15 is 0 Å². The highest BCUT2D eigenvalue weighted by atomic mass is 16.5. The normalized spacial score (nSPS) is 22.2. The van der Waals surface area contributed by atoms with Gasteiger partial charge in [-0.25, -0.2) is 4.79 Å². The number of carbonyl (C=O) groups is 4. The van der Waals surface area contributed by atoms with Crippen molar-refractivity contribution in [2.45, 2.75) is 83.5 Å². The van der Waals surface area contributed by atoms with Crippen LogP contribution >= 0.6 is 0 Å². The third kappa shape index (κ3) is 6.21. The Balaban J connectivity index is 1.63. The van der Waals surface area contributed by atoms with E-state index in [-0.39, 0.29) is 30.1 Å². The Bertz CT molecular complexity index is 1270.